The van der Waals surface area contributed by atoms with E-state index in [1.165, 1.54) is 0 Å². The second-order valence-corrected chi connectivity index (χ2v) is 9.30. The zero-order chi connectivity index (χ0) is 25.5. The van der Waals surface area contributed by atoms with E-state index in [0.717, 1.165) is 43.3 Å². The Morgan fingerprint density at radius 1 is 0.833 bits per heavy atom. The van der Waals surface area contributed by atoms with Gasteiger partial charge in [0.2, 0.25) is 0 Å². The predicted molar refractivity (Wildman–Crippen MR) is 145 cm³/mol. The average Bonchev–Trinajstić information content (AvgIpc) is 2.92. The maximum Gasteiger partial charge on any atom is 0.255 e. The molecule has 0 atom stereocenters. The second kappa shape index (κ2) is 11.6. The molecule has 1 aliphatic heterocycles. The lowest BCUT2D eigenvalue weighted by Gasteiger charge is -2.38. The van der Waals surface area contributed by atoms with Crippen LogP contribution in [0.3, 0.4) is 0 Å². The maximum atomic E-state index is 13.2. The van der Waals surface area contributed by atoms with Crippen molar-refractivity contribution in [1.29, 1.82) is 0 Å². The van der Waals surface area contributed by atoms with Crippen molar-refractivity contribution < 1.29 is 14.3 Å². The molecule has 1 aliphatic rings. The van der Waals surface area contributed by atoms with Gasteiger partial charge in [0.25, 0.3) is 11.8 Å². The van der Waals surface area contributed by atoms with Crippen molar-refractivity contribution in [3.05, 3.63) is 83.9 Å². The third kappa shape index (κ3) is 5.97. The Kier molecular flexibility index (Phi) is 8.10. The number of benzene rings is 3. The first-order valence-corrected chi connectivity index (χ1v) is 12.4. The van der Waals surface area contributed by atoms with Crippen molar-refractivity contribution in [2.24, 2.45) is 5.92 Å². The summed E-state index contributed by atoms with van der Waals surface area (Å²) in [6.07, 6.45) is 0. The maximum absolute atomic E-state index is 13.2. The van der Waals surface area contributed by atoms with E-state index >= 15 is 0 Å². The smallest absolute Gasteiger partial charge is 0.255 e. The molecule has 0 spiro atoms. The van der Waals surface area contributed by atoms with E-state index in [4.69, 9.17) is 4.74 Å². The van der Waals surface area contributed by atoms with Crippen molar-refractivity contribution >= 4 is 28.9 Å². The molecule has 3 aromatic carbocycles. The van der Waals surface area contributed by atoms with Gasteiger partial charge in [-0.25, -0.2) is 0 Å². The van der Waals surface area contributed by atoms with Gasteiger partial charge < -0.3 is 25.2 Å². The SMILES string of the molecule is COc1ccccc1N1CCN(c2ccc(NC(=O)c3ccccc3)cc2C(=O)NCC(C)C)CC1. The molecule has 7 heteroatoms. The lowest BCUT2D eigenvalue weighted by molar-refractivity contribution is 0.0948. The first-order chi connectivity index (χ1) is 17.5. The lowest BCUT2D eigenvalue weighted by atomic mass is 10.1. The van der Waals surface area contributed by atoms with E-state index in [9.17, 15) is 9.59 Å². The van der Waals surface area contributed by atoms with Gasteiger partial charge in [-0.3, -0.25) is 9.59 Å². The van der Waals surface area contributed by atoms with E-state index in [1.54, 1.807) is 25.3 Å². The molecule has 0 radical (unpaired) electrons. The van der Waals surface area contributed by atoms with Gasteiger partial charge in [0.15, 0.2) is 0 Å². The van der Waals surface area contributed by atoms with Gasteiger partial charge in [0, 0.05) is 49.7 Å². The number of hydrogen-bond donors (Lipinski definition) is 2. The van der Waals surface area contributed by atoms with Crippen LogP contribution in [0.5, 0.6) is 5.75 Å². The second-order valence-electron chi connectivity index (χ2n) is 9.30. The quantitative estimate of drug-likeness (QED) is 0.485. The van der Waals surface area contributed by atoms with Crippen molar-refractivity contribution in [3.8, 4) is 5.75 Å². The number of amides is 2. The van der Waals surface area contributed by atoms with Crippen LogP contribution in [0.2, 0.25) is 0 Å². The molecule has 1 saturated heterocycles. The van der Waals surface area contributed by atoms with Crippen LogP contribution in [0.25, 0.3) is 0 Å². The van der Waals surface area contributed by atoms with E-state index < -0.39 is 0 Å². The van der Waals surface area contributed by atoms with E-state index in [0.29, 0.717) is 29.3 Å². The van der Waals surface area contributed by atoms with Crippen molar-refractivity contribution in [3.63, 3.8) is 0 Å². The van der Waals surface area contributed by atoms with E-state index in [-0.39, 0.29) is 11.8 Å². The highest BCUT2D eigenvalue weighted by molar-refractivity contribution is 6.06. The number of nitrogens with one attached hydrogen (secondary N) is 2. The highest BCUT2D eigenvalue weighted by Crippen LogP contribution is 2.31. The number of methoxy groups -OCH3 is 1. The van der Waals surface area contributed by atoms with Crippen LogP contribution in [0, 0.1) is 5.92 Å². The minimum absolute atomic E-state index is 0.137. The van der Waals surface area contributed by atoms with E-state index in [2.05, 4.69) is 40.3 Å². The normalized spacial score (nSPS) is 13.4. The highest BCUT2D eigenvalue weighted by Gasteiger charge is 2.24. The number of ether oxygens (including phenoxy) is 1. The molecule has 0 aromatic heterocycles. The summed E-state index contributed by atoms with van der Waals surface area (Å²) < 4.78 is 5.54. The van der Waals surface area contributed by atoms with Gasteiger partial charge in [-0.2, -0.15) is 0 Å². The molecule has 7 nitrogen and oxygen atoms in total. The number of piperazine rings is 1. The van der Waals surface area contributed by atoms with Crippen LogP contribution in [-0.4, -0.2) is 51.6 Å². The fraction of sp³-hybridized carbons (Fsp3) is 0.310. The summed E-state index contributed by atoms with van der Waals surface area (Å²) in [5, 5.41) is 5.96. The summed E-state index contributed by atoms with van der Waals surface area (Å²) in [7, 11) is 1.69. The molecule has 2 amide bonds. The number of anilines is 3. The van der Waals surface area contributed by atoms with Crippen LogP contribution < -0.4 is 25.2 Å². The minimum atomic E-state index is -0.206. The largest absolute Gasteiger partial charge is 0.495 e. The number of para-hydroxylation sites is 2. The first-order valence-electron chi connectivity index (χ1n) is 12.4. The fourth-order valence-corrected chi connectivity index (χ4v) is 4.34. The molecule has 0 unspecified atom stereocenters. The van der Waals surface area contributed by atoms with Crippen molar-refractivity contribution in [1.82, 2.24) is 5.32 Å². The Hall–Kier alpha value is -4.00. The van der Waals surface area contributed by atoms with Crippen LogP contribution in [-0.2, 0) is 0 Å². The summed E-state index contributed by atoms with van der Waals surface area (Å²) >= 11 is 0. The molecule has 0 bridgehead atoms. The van der Waals surface area contributed by atoms with Crippen molar-refractivity contribution in [2.75, 3.05) is 55.0 Å². The monoisotopic (exact) mass is 486 g/mol. The minimum Gasteiger partial charge on any atom is -0.495 e. The van der Waals surface area contributed by atoms with Crippen LogP contribution in [0.15, 0.2) is 72.8 Å². The van der Waals surface area contributed by atoms with Gasteiger partial charge in [-0.15, -0.1) is 0 Å². The lowest BCUT2D eigenvalue weighted by Crippen LogP contribution is -2.47. The molecule has 1 fully saturated rings. The molecular weight excluding hydrogens is 452 g/mol. The van der Waals surface area contributed by atoms with Crippen LogP contribution in [0.1, 0.15) is 34.6 Å². The zero-order valence-corrected chi connectivity index (χ0v) is 21.2. The summed E-state index contributed by atoms with van der Waals surface area (Å²) in [5.74, 6) is 0.852. The van der Waals surface area contributed by atoms with Crippen molar-refractivity contribution in [2.45, 2.75) is 13.8 Å². The molecule has 2 N–H and O–H groups in total. The Morgan fingerprint density at radius 2 is 1.47 bits per heavy atom. The third-order valence-corrected chi connectivity index (χ3v) is 6.25. The summed E-state index contributed by atoms with van der Waals surface area (Å²) in [4.78, 5) is 30.4. The number of carbonyl (C=O) groups excluding carboxylic acids is 2. The molecule has 1 heterocycles. The standard InChI is InChI=1S/C29H34N4O3/c1-21(2)20-30-29(35)24-19-23(31-28(34)22-9-5-4-6-10-22)13-14-25(24)32-15-17-33(18-16-32)26-11-7-8-12-27(26)36-3/h4-14,19,21H,15-18,20H2,1-3H3,(H,30,35)(H,31,34). The number of nitrogens with zero attached hydrogens (tertiary/aromatic N) is 2. The van der Waals surface area contributed by atoms with Crippen LogP contribution >= 0.6 is 0 Å². The van der Waals surface area contributed by atoms with E-state index in [1.807, 2.05) is 48.5 Å². The first kappa shape index (κ1) is 25.1. The predicted octanol–water partition coefficient (Wildman–Crippen LogP) is 4.66. The van der Waals surface area contributed by atoms with Gasteiger partial charge in [0.1, 0.15) is 5.75 Å². The molecular formula is C29H34N4O3. The topological polar surface area (TPSA) is 73.9 Å². The molecule has 4 rings (SSSR count). The number of hydrogen-bond acceptors (Lipinski definition) is 5. The number of carbonyl (C=O) groups is 2. The Morgan fingerprint density at radius 3 is 2.14 bits per heavy atom. The third-order valence-electron chi connectivity index (χ3n) is 6.25. The Labute approximate surface area is 213 Å². The average molecular weight is 487 g/mol. The number of rotatable bonds is 8. The summed E-state index contributed by atoms with van der Waals surface area (Å²) in [6, 6.07) is 22.7. The molecule has 188 valence electrons. The van der Waals surface area contributed by atoms with Gasteiger partial charge >= 0.3 is 0 Å². The Balaban J connectivity index is 1.54. The highest BCUT2D eigenvalue weighted by atomic mass is 16.5. The molecule has 36 heavy (non-hydrogen) atoms. The van der Waals surface area contributed by atoms with Crippen LogP contribution in [0.4, 0.5) is 17.1 Å². The zero-order valence-electron chi connectivity index (χ0n) is 21.2. The Bertz CT molecular complexity index is 1190. The summed E-state index contributed by atoms with van der Waals surface area (Å²) in [6.45, 7) is 7.85. The van der Waals surface area contributed by atoms with Gasteiger partial charge in [-0.05, 0) is 48.4 Å². The fourth-order valence-electron chi connectivity index (χ4n) is 4.34. The molecule has 0 saturated carbocycles. The van der Waals surface area contributed by atoms with Gasteiger partial charge in [0.05, 0.1) is 18.4 Å². The molecule has 0 aliphatic carbocycles. The van der Waals surface area contributed by atoms with Gasteiger partial charge in [-0.1, -0.05) is 44.2 Å². The molecule has 3 aromatic rings. The summed E-state index contributed by atoms with van der Waals surface area (Å²) in [5.41, 5.74) is 3.67.